The number of carboxylic acids is 1. The first kappa shape index (κ1) is 30.7. The Morgan fingerprint density at radius 1 is 1.13 bits per heavy atom. The van der Waals surface area contributed by atoms with Gasteiger partial charge in [0.05, 0.1) is 5.41 Å². The summed E-state index contributed by atoms with van der Waals surface area (Å²) in [4.78, 5) is 42.2. The van der Waals surface area contributed by atoms with Gasteiger partial charge in [0, 0.05) is 32.0 Å². The molecular formula is C29H46N4O6. The maximum Gasteiger partial charge on any atom is 0.407 e. The van der Waals surface area contributed by atoms with Crippen LogP contribution in [-0.4, -0.2) is 66.0 Å². The van der Waals surface area contributed by atoms with E-state index in [1.807, 2.05) is 0 Å². The molecule has 0 spiro atoms. The van der Waals surface area contributed by atoms with Gasteiger partial charge in [-0.15, -0.1) is 0 Å². The number of hydrogen-bond donors (Lipinski definition) is 4. The molecule has 1 fully saturated rings. The maximum absolute atomic E-state index is 13.3. The molecule has 2 aliphatic heterocycles. The molecule has 3 rings (SSSR count). The van der Waals surface area contributed by atoms with Crippen LogP contribution >= 0.6 is 0 Å². The minimum Gasteiger partial charge on any atom is -0.480 e. The number of fused-ring (bicyclic) bond motifs is 1. The van der Waals surface area contributed by atoms with Gasteiger partial charge in [0.2, 0.25) is 5.91 Å². The normalized spacial score (nSPS) is 17.3. The van der Waals surface area contributed by atoms with Crippen LogP contribution in [0.25, 0.3) is 0 Å². The number of carbonyl (C=O) groups is 3. The predicted octanol–water partition coefficient (Wildman–Crippen LogP) is 4.21. The summed E-state index contributed by atoms with van der Waals surface area (Å²) in [6.45, 7) is 7.11. The zero-order valence-corrected chi connectivity index (χ0v) is 23.8. The van der Waals surface area contributed by atoms with Crippen LogP contribution in [0, 0.1) is 5.41 Å². The van der Waals surface area contributed by atoms with Crippen LogP contribution < -0.4 is 16.0 Å². The van der Waals surface area contributed by atoms with E-state index in [-0.39, 0.29) is 12.5 Å². The number of anilines is 1. The van der Waals surface area contributed by atoms with Gasteiger partial charge in [-0.3, -0.25) is 4.79 Å². The highest BCUT2D eigenvalue weighted by molar-refractivity contribution is 5.88. The van der Waals surface area contributed by atoms with Crippen molar-refractivity contribution in [3.63, 3.8) is 0 Å². The van der Waals surface area contributed by atoms with Gasteiger partial charge < -0.3 is 30.5 Å². The van der Waals surface area contributed by atoms with Gasteiger partial charge in [-0.2, -0.15) is 0 Å². The first-order valence-electron chi connectivity index (χ1n) is 14.4. The molecule has 10 nitrogen and oxygen atoms in total. The number of nitrogens with one attached hydrogen (secondary N) is 3. The third kappa shape index (κ3) is 9.98. The number of pyridine rings is 1. The minimum atomic E-state index is -1.04. The molecule has 1 saturated heterocycles. The highest BCUT2D eigenvalue weighted by Crippen LogP contribution is 2.31. The Morgan fingerprint density at radius 2 is 1.85 bits per heavy atom. The molecule has 2 aliphatic rings. The molecular weight excluding hydrogens is 500 g/mol. The molecule has 2 amide bonds. The molecule has 1 aromatic heterocycles. The fourth-order valence-corrected chi connectivity index (χ4v) is 5.06. The zero-order valence-electron chi connectivity index (χ0n) is 23.8. The number of aromatic nitrogens is 1. The molecule has 1 atom stereocenters. The lowest BCUT2D eigenvalue weighted by Crippen LogP contribution is -2.55. The van der Waals surface area contributed by atoms with Gasteiger partial charge in [0.25, 0.3) is 0 Å². The van der Waals surface area contributed by atoms with Crippen molar-refractivity contribution >= 4 is 23.8 Å². The second-order valence-corrected chi connectivity index (χ2v) is 11.8. The fourth-order valence-electron chi connectivity index (χ4n) is 5.06. The number of rotatable bonds is 13. The lowest BCUT2D eigenvalue weighted by atomic mass is 9.78. The van der Waals surface area contributed by atoms with Gasteiger partial charge in [-0.1, -0.05) is 31.7 Å². The Morgan fingerprint density at radius 3 is 2.56 bits per heavy atom. The van der Waals surface area contributed by atoms with Crippen molar-refractivity contribution in [3.05, 3.63) is 23.4 Å². The number of amides is 2. The van der Waals surface area contributed by atoms with Crippen molar-refractivity contribution in [3.8, 4) is 0 Å². The molecule has 39 heavy (non-hydrogen) atoms. The largest absolute Gasteiger partial charge is 0.480 e. The van der Waals surface area contributed by atoms with E-state index in [4.69, 9.17) is 14.5 Å². The summed E-state index contributed by atoms with van der Waals surface area (Å²) in [6.07, 6.45) is 8.45. The molecule has 0 radical (unpaired) electrons. The molecule has 4 N–H and O–H groups in total. The fraction of sp³-hybridized carbons (Fsp3) is 0.724. The quantitative estimate of drug-likeness (QED) is 0.270. The van der Waals surface area contributed by atoms with Gasteiger partial charge in [0.15, 0.2) is 0 Å². The Balaban J connectivity index is 1.40. The van der Waals surface area contributed by atoms with Crippen LogP contribution in [-0.2, 0) is 31.9 Å². The third-order valence-electron chi connectivity index (χ3n) is 7.38. The number of hydrogen-bond acceptors (Lipinski definition) is 7. The molecule has 10 heteroatoms. The van der Waals surface area contributed by atoms with Crippen molar-refractivity contribution in [1.29, 1.82) is 0 Å². The smallest absolute Gasteiger partial charge is 0.407 e. The minimum absolute atomic E-state index is 0.0680. The Bertz CT molecular complexity index is 971. The second-order valence-electron chi connectivity index (χ2n) is 11.8. The summed E-state index contributed by atoms with van der Waals surface area (Å²) in [6, 6.07) is 3.34. The number of carboxylic acid groups (broad SMARTS) is 1. The first-order chi connectivity index (χ1) is 18.6. The number of alkyl carbamates (subject to hydrolysis) is 1. The Labute approximate surface area is 232 Å². The van der Waals surface area contributed by atoms with E-state index in [1.54, 1.807) is 20.8 Å². The van der Waals surface area contributed by atoms with Crippen molar-refractivity contribution in [2.75, 3.05) is 31.6 Å². The molecule has 0 saturated carbocycles. The van der Waals surface area contributed by atoms with Gasteiger partial charge in [-0.25, -0.2) is 14.6 Å². The summed E-state index contributed by atoms with van der Waals surface area (Å²) in [5, 5.41) is 18.6. The molecule has 1 aromatic rings. The van der Waals surface area contributed by atoms with E-state index < -0.39 is 29.1 Å². The number of unbranched alkanes of at least 4 members (excludes halogenated alkanes) is 4. The highest BCUT2D eigenvalue weighted by atomic mass is 16.6. The summed E-state index contributed by atoms with van der Waals surface area (Å²) in [5.41, 5.74) is 0.828. The van der Waals surface area contributed by atoms with Crippen LogP contribution in [0.1, 0.15) is 89.8 Å². The molecule has 0 unspecified atom stereocenters. The molecule has 3 heterocycles. The monoisotopic (exact) mass is 546 g/mol. The molecule has 0 aliphatic carbocycles. The summed E-state index contributed by atoms with van der Waals surface area (Å²) >= 11 is 0. The zero-order chi connectivity index (χ0) is 28.3. The molecule has 218 valence electrons. The van der Waals surface area contributed by atoms with Crippen molar-refractivity contribution < 1.29 is 29.0 Å². The van der Waals surface area contributed by atoms with E-state index in [9.17, 15) is 19.5 Å². The van der Waals surface area contributed by atoms with Gasteiger partial charge in [-0.05, 0) is 77.3 Å². The second kappa shape index (κ2) is 14.5. The van der Waals surface area contributed by atoms with E-state index in [1.165, 1.54) is 5.56 Å². The number of aryl methyl sites for hydroxylation is 2. The summed E-state index contributed by atoms with van der Waals surface area (Å²) < 4.78 is 10.7. The molecule has 0 aromatic carbocycles. The lowest BCUT2D eigenvalue weighted by Gasteiger charge is -2.36. The number of ether oxygens (including phenoxy) is 2. The van der Waals surface area contributed by atoms with Crippen LogP contribution in [0.4, 0.5) is 10.6 Å². The van der Waals surface area contributed by atoms with Crippen molar-refractivity contribution in [1.82, 2.24) is 15.6 Å². The van der Waals surface area contributed by atoms with Crippen molar-refractivity contribution in [2.24, 2.45) is 5.41 Å². The predicted molar refractivity (Wildman–Crippen MR) is 149 cm³/mol. The average molecular weight is 547 g/mol. The number of carbonyl (C=O) groups excluding carboxylic acids is 2. The average Bonchev–Trinajstić information content (AvgIpc) is 2.90. The SMILES string of the molecule is CC(C)(C)OC(=O)NCC1(C(=O)N[C@@H](CCCCCCCc2ccc3c(n2)NCCC3)C(=O)O)CCOCC1. The lowest BCUT2D eigenvalue weighted by molar-refractivity contribution is -0.146. The van der Waals surface area contributed by atoms with E-state index in [0.717, 1.165) is 63.0 Å². The van der Waals surface area contributed by atoms with Crippen LogP contribution in [0.5, 0.6) is 0 Å². The Hall–Kier alpha value is -2.88. The number of nitrogens with zero attached hydrogens (tertiary/aromatic N) is 1. The number of aliphatic carboxylic acids is 1. The maximum atomic E-state index is 13.3. The first-order valence-corrected chi connectivity index (χ1v) is 14.4. The van der Waals surface area contributed by atoms with Crippen molar-refractivity contribution in [2.45, 2.75) is 103 Å². The summed E-state index contributed by atoms with van der Waals surface area (Å²) in [7, 11) is 0. The van der Waals surface area contributed by atoms with Gasteiger partial charge >= 0.3 is 12.1 Å². The standard InChI is InChI=1S/C29H46N4O6/c1-28(2,3)39-27(37)31-20-29(15-18-38-19-16-29)26(36)33-23(25(34)35)12-8-6-4-5-7-11-22-14-13-21-10-9-17-30-24(21)32-22/h13-14,23H,4-12,15-20H2,1-3H3,(H,30,32)(H,31,37)(H,33,36)(H,34,35)/t23-/m0/s1. The van der Waals surface area contributed by atoms with E-state index in [0.29, 0.717) is 38.9 Å². The molecule has 0 bridgehead atoms. The van der Waals surface area contributed by atoms with Crippen LogP contribution in [0.2, 0.25) is 0 Å². The topological polar surface area (TPSA) is 139 Å². The summed E-state index contributed by atoms with van der Waals surface area (Å²) in [5.74, 6) is -0.372. The van der Waals surface area contributed by atoms with Crippen LogP contribution in [0.15, 0.2) is 12.1 Å². The third-order valence-corrected chi connectivity index (χ3v) is 7.38. The van der Waals surface area contributed by atoms with E-state index in [2.05, 4.69) is 28.1 Å². The van der Waals surface area contributed by atoms with Gasteiger partial charge in [0.1, 0.15) is 17.5 Å². The van der Waals surface area contributed by atoms with Crippen LogP contribution in [0.3, 0.4) is 0 Å². The highest BCUT2D eigenvalue weighted by Gasteiger charge is 2.42. The van der Waals surface area contributed by atoms with E-state index >= 15 is 0 Å². The Kier molecular flexibility index (Phi) is 11.4.